The molecule has 1 saturated heterocycles. The average Bonchev–Trinajstić information content (AvgIpc) is 3.26. The minimum atomic E-state index is 0.479. The molecular weight excluding hydrogens is 364 g/mol. The molecule has 2 aliphatic rings. The molecule has 5 nitrogen and oxygen atoms in total. The number of rotatable bonds is 8. The molecule has 1 aliphatic heterocycles. The van der Waals surface area contributed by atoms with E-state index in [1.54, 1.807) is 7.11 Å². The van der Waals surface area contributed by atoms with Crippen molar-refractivity contribution in [3.8, 4) is 11.5 Å². The predicted molar refractivity (Wildman–Crippen MR) is 114 cm³/mol. The van der Waals surface area contributed by atoms with E-state index in [0.717, 1.165) is 43.4 Å². The van der Waals surface area contributed by atoms with Gasteiger partial charge >= 0.3 is 0 Å². The molecule has 1 heterocycles. The lowest BCUT2D eigenvalue weighted by Gasteiger charge is -2.33. The summed E-state index contributed by atoms with van der Waals surface area (Å²) in [4.78, 5) is 0. The molecule has 0 bridgehead atoms. The van der Waals surface area contributed by atoms with Gasteiger partial charge in [0.2, 0.25) is 0 Å². The Hall–Kier alpha value is -2.08. The largest absolute Gasteiger partial charge is 0.493 e. The van der Waals surface area contributed by atoms with Gasteiger partial charge in [0.1, 0.15) is 6.61 Å². The lowest BCUT2D eigenvalue weighted by Crippen LogP contribution is -2.50. The first-order valence-electron chi connectivity index (χ1n) is 10.7. The molecule has 4 rings (SSSR count). The minimum Gasteiger partial charge on any atom is -0.493 e. The maximum Gasteiger partial charge on any atom is 0.161 e. The van der Waals surface area contributed by atoms with Gasteiger partial charge in [0.05, 0.1) is 20.3 Å². The second kappa shape index (κ2) is 10.1. The van der Waals surface area contributed by atoms with Crippen molar-refractivity contribution in [1.82, 2.24) is 10.6 Å². The van der Waals surface area contributed by atoms with Crippen LogP contribution in [0.25, 0.3) is 0 Å². The van der Waals surface area contributed by atoms with E-state index >= 15 is 0 Å². The van der Waals surface area contributed by atoms with Gasteiger partial charge in [0.15, 0.2) is 11.5 Å². The van der Waals surface area contributed by atoms with Crippen LogP contribution in [0, 0.1) is 5.92 Å². The average molecular weight is 397 g/mol. The summed E-state index contributed by atoms with van der Waals surface area (Å²) in [6.07, 6.45) is 3.79. The number of hydrogen-bond acceptors (Lipinski definition) is 5. The lowest BCUT2D eigenvalue weighted by atomic mass is 9.94. The highest BCUT2D eigenvalue weighted by Gasteiger charge is 2.34. The minimum absolute atomic E-state index is 0.479. The van der Waals surface area contributed by atoms with E-state index < -0.39 is 0 Å². The van der Waals surface area contributed by atoms with Crippen molar-refractivity contribution in [2.24, 2.45) is 5.92 Å². The highest BCUT2D eigenvalue weighted by atomic mass is 16.5. The van der Waals surface area contributed by atoms with Gasteiger partial charge in [-0.3, -0.25) is 0 Å². The second-order valence-corrected chi connectivity index (χ2v) is 7.98. The van der Waals surface area contributed by atoms with Crippen LogP contribution < -0.4 is 20.1 Å². The summed E-state index contributed by atoms with van der Waals surface area (Å²) < 4.78 is 17.2. The van der Waals surface area contributed by atoms with E-state index in [1.807, 2.05) is 24.3 Å². The third-order valence-corrected chi connectivity index (χ3v) is 6.07. The van der Waals surface area contributed by atoms with Crippen molar-refractivity contribution in [1.29, 1.82) is 0 Å². The van der Waals surface area contributed by atoms with Crippen LogP contribution in [-0.2, 0) is 17.9 Å². The van der Waals surface area contributed by atoms with Crippen LogP contribution in [0.4, 0.5) is 0 Å². The van der Waals surface area contributed by atoms with Crippen LogP contribution in [0.15, 0.2) is 48.5 Å². The monoisotopic (exact) mass is 396 g/mol. The van der Waals surface area contributed by atoms with E-state index in [9.17, 15) is 0 Å². The van der Waals surface area contributed by atoms with Crippen molar-refractivity contribution >= 4 is 0 Å². The van der Waals surface area contributed by atoms with Gasteiger partial charge in [0.25, 0.3) is 0 Å². The lowest BCUT2D eigenvalue weighted by molar-refractivity contribution is 0.0524. The standard InChI is InChI=1S/C24H32N2O3/c1-27-24-14-19(10-11-23(24)29-16-18-6-3-2-4-7-18)15-26-21-9-5-8-20(21)22-17-28-13-12-25-22/h2-4,6-7,10-11,14,20-22,25-26H,5,8-9,12-13,15-17H2,1H3. The summed E-state index contributed by atoms with van der Waals surface area (Å²) >= 11 is 0. The maximum absolute atomic E-state index is 5.98. The van der Waals surface area contributed by atoms with Gasteiger partial charge in [-0.05, 0) is 42.0 Å². The Morgan fingerprint density at radius 2 is 1.97 bits per heavy atom. The van der Waals surface area contributed by atoms with Crippen LogP contribution in [0.5, 0.6) is 11.5 Å². The van der Waals surface area contributed by atoms with Crippen LogP contribution in [0.1, 0.15) is 30.4 Å². The Morgan fingerprint density at radius 1 is 1.07 bits per heavy atom. The topological polar surface area (TPSA) is 51.8 Å². The van der Waals surface area contributed by atoms with Gasteiger partial charge in [-0.15, -0.1) is 0 Å². The highest BCUT2D eigenvalue weighted by Crippen LogP contribution is 2.31. The first kappa shape index (κ1) is 20.2. The molecule has 5 heteroatoms. The predicted octanol–water partition coefficient (Wildman–Crippen LogP) is 3.52. The molecule has 3 unspecified atom stereocenters. The normalized spacial score (nSPS) is 24.4. The van der Waals surface area contributed by atoms with E-state index in [4.69, 9.17) is 14.2 Å². The Bertz CT molecular complexity index is 762. The maximum atomic E-state index is 5.98. The van der Waals surface area contributed by atoms with Gasteiger partial charge in [0, 0.05) is 25.2 Å². The third kappa shape index (κ3) is 5.30. The smallest absolute Gasteiger partial charge is 0.161 e. The fraction of sp³-hybridized carbons (Fsp3) is 0.500. The summed E-state index contributed by atoms with van der Waals surface area (Å²) in [7, 11) is 1.70. The first-order chi connectivity index (χ1) is 14.3. The zero-order chi connectivity index (χ0) is 19.9. The Morgan fingerprint density at radius 3 is 2.76 bits per heavy atom. The molecule has 2 N–H and O–H groups in total. The van der Waals surface area contributed by atoms with Crippen molar-refractivity contribution in [3.05, 3.63) is 59.7 Å². The summed E-state index contributed by atoms with van der Waals surface area (Å²) in [6, 6.07) is 17.4. The van der Waals surface area contributed by atoms with Crippen molar-refractivity contribution in [3.63, 3.8) is 0 Å². The summed E-state index contributed by atoms with van der Waals surface area (Å²) in [5, 5.41) is 7.42. The van der Waals surface area contributed by atoms with Crippen molar-refractivity contribution in [2.75, 3.05) is 26.9 Å². The van der Waals surface area contributed by atoms with Crippen LogP contribution in [0.3, 0.4) is 0 Å². The van der Waals surface area contributed by atoms with E-state index in [0.29, 0.717) is 24.6 Å². The Kier molecular flexibility index (Phi) is 7.04. The van der Waals surface area contributed by atoms with Gasteiger partial charge in [-0.2, -0.15) is 0 Å². The fourth-order valence-corrected chi connectivity index (χ4v) is 4.51. The number of nitrogens with one attached hydrogen (secondary N) is 2. The molecule has 2 aromatic carbocycles. The number of benzene rings is 2. The van der Waals surface area contributed by atoms with E-state index in [1.165, 1.54) is 24.8 Å². The number of ether oxygens (including phenoxy) is 3. The molecule has 1 aliphatic carbocycles. The molecule has 0 amide bonds. The molecule has 2 aromatic rings. The molecule has 2 fully saturated rings. The SMILES string of the molecule is COc1cc(CNC2CCCC2C2COCCN2)ccc1OCc1ccccc1. The summed E-state index contributed by atoms with van der Waals surface area (Å²) in [6.45, 7) is 4.01. The van der Waals surface area contributed by atoms with E-state index in [-0.39, 0.29) is 0 Å². The Labute approximate surface area is 173 Å². The van der Waals surface area contributed by atoms with Crippen molar-refractivity contribution in [2.45, 2.75) is 44.5 Å². The van der Waals surface area contributed by atoms with Crippen LogP contribution in [-0.4, -0.2) is 39.0 Å². The molecule has 156 valence electrons. The Balaban J connectivity index is 1.34. The quantitative estimate of drug-likeness (QED) is 0.715. The molecule has 0 radical (unpaired) electrons. The van der Waals surface area contributed by atoms with Crippen molar-refractivity contribution < 1.29 is 14.2 Å². The second-order valence-electron chi connectivity index (χ2n) is 7.98. The summed E-state index contributed by atoms with van der Waals surface area (Å²) in [5.74, 6) is 2.21. The molecule has 0 spiro atoms. The molecule has 29 heavy (non-hydrogen) atoms. The van der Waals surface area contributed by atoms with Gasteiger partial charge < -0.3 is 24.8 Å². The molecule has 3 atom stereocenters. The van der Waals surface area contributed by atoms with Crippen LogP contribution in [0.2, 0.25) is 0 Å². The zero-order valence-electron chi connectivity index (χ0n) is 17.2. The van der Waals surface area contributed by atoms with Gasteiger partial charge in [-0.1, -0.05) is 42.8 Å². The first-order valence-corrected chi connectivity index (χ1v) is 10.7. The van der Waals surface area contributed by atoms with Crippen LogP contribution >= 0.6 is 0 Å². The van der Waals surface area contributed by atoms with Gasteiger partial charge in [-0.25, -0.2) is 0 Å². The van der Waals surface area contributed by atoms with E-state index in [2.05, 4.69) is 34.9 Å². The molecule has 1 saturated carbocycles. The number of hydrogen-bond donors (Lipinski definition) is 2. The fourth-order valence-electron chi connectivity index (χ4n) is 4.51. The zero-order valence-corrected chi connectivity index (χ0v) is 17.2. The number of morpholine rings is 1. The number of methoxy groups -OCH3 is 1. The summed E-state index contributed by atoms with van der Waals surface area (Å²) in [5.41, 5.74) is 2.36. The third-order valence-electron chi connectivity index (χ3n) is 6.07. The highest BCUT2D eigenvalue weighted by molar-refractivity contribution is 5.43. The molecule has 0 aromatic heterocycles. The molecular formula is C24H32N2O3.